The summed E-state index contributed by atoms with van der Waals surface area (Å²) in [7, 11) is -3.61. The molecule has 7 nitrogen and oxygen atoms in total. The first-order valence-corrected chi connectivity index (χ1v) is 9.63. The molecule has 0 spiro atoms. The molecule has 1 aliphatic heterocycles. The Morgan fingerprint density at radius 1 is 1.28 bits per heavy atom. The van der Waals surface area contributed by atoms with E-state index in [1.165, 1.54) is 10.4 Å². The van der Waals surface area contributed by atoms with Gasteiger partial charge in [0.25, 0.3) is 5.91 Å². The van der Waals surface area contributed by atoms with E-state index >= 15 is 0 Å². The molecule has 134 valence electrons. The van der Waals surface area contributed by atoms with Crippen molar-refractivity contribution >= 4 is 15.9 Å². The Bertz CT molecular complexity index is 883. The van der Waals surface area contributed by atoms with Crippen LogP contribution < -0.4 is 5.32 Å². The number of pyridine rings is 1. The van der Waals surface area contributed by atoms with Crippen LogP contribution in [0.4, 0.5) is 0 Å². The molecule has 3 heterocycles. The fraction of sp³-hybridized carbons (Fsp3) is 0.412. The summed E-state index contributed by atoms with van der Waals surface area (Å²) in [6.45, 7) is 4.69. The maximum atomic E-state index is 12.6. The van der Waals surface area contributed by atoms with Crippen LogP contribution in [-0.4, -0.2) is 36.7 Å². The molecule has 0 radical (unpaired) electrons. The maximum absolute atomic E-state index is 12.6. The molecular weight excluding hydrogens is 342 g/mol. The summed E-state index contributed by atoms with van der Waals surface area (Å²) in [5.74, 6) is -0.247. The molecule has 0 aliphatic carbocycles. The van der Waals surface area contributed by atoms with Gasteiger partial charge in [-0.3, -0.25) is 9.78 Å². The van der Waals surface area contributed by atoms with Crippen LogP contribution in [0.5, 0.6) is 0 Å². The van der Waals surface area contributed by atoms with Crippen molar-refractivity contribution < 1.29 is 17.6 Å². The Morgan fingerprint density at radius 3 is 2.68 bits per heavy atom. The number of nitrogens with one attached hydrogen (secondary N) is 1. The van der Waals surface area contributed by atoms with Gasteiger partial charge in [0.1, 0.15) is 10.7 Å². The van der Waals surface area contributed by atoms with Crippen molar-refractivity contribution in [3.8, 4) is 0 Å². The lowest BCUT2D eigenvalue weighted by Gasteiger charge is -2.14. The van der Waals surface area contributed by atoms with Crippen molar-refractivity contribution in [1.29, 1.82) is 0 Å². The van der Waals surface area contributed by atoms with E-state index < -0.39 is 15.9 Å². The zero-order valence-electron chi connectivity index (χ0n) is 14.3. The van der Waals surface area contributed by atoms with Gasteiger partial charge in [-0.25, -0.2) is 8.42 Å². The standard InChI is InChI=1S/C17H21N3O4S/c1-12-6-5-7-14(19-12)11-18-17(21)15-10-16(13(2)24-15)25(22,23)20-8-3-4-9-20/h5-7,10H,3-4,8-9,11H2,1-2H3,(H,18,21). The summed E-state index contributed by atoms with van der Waals surface area (Å²) in [4.78, 5) is 16.6. The quantitative estimate of drug-likeness (QED) is 0.877. The van der Waals surface area contributed by atoms with Crippen LogP contribution in [0.3, 0.4) is 0 Å². The van der Waals surface area contributed by atoms with E-state index in [0.29, 0.717) is 13.1 Å². The van der Waals surface area contributed by atoms with Crippen LogP contribution in [0.15, 0.2) is 33.6 Å². The fourth-order valence-electron chi connectivity index (χ4n) is 2.86. The van der Waals surface area contributed by atoms with E-state index in [1.807, 2.05) is 25.1 Å². The van der Waals surface area contributed by atoms with Crippen LogP contribution in [0, 0.1) is 13.8 Å². The van der Waals surface area contributed by atoms with E-state index in [4.69, 9.17) is 4.42 Å². The highest BCUT2D eigenvalue weighted by atomic mass is 32.2. The van der Waals surface area contributed by atoms with Gasteiger partial charge in [-0.1, -0.05) is 6.07 Å². The average Bonchev–Trinajstić information content (AvgIpc) is 3.22. The summed E-state index contributed by atoms with van der Waals surface area (Å²) in [5, 5.41) is 2.70. The lowest BCUT2D eigenvalue weighted by atomic mass is 10.3. The third-order valence-electron chi connectivity index (χ3n) is 4.15. The molecule has 8 heteroatoms. The number of hydrogen-bond acceptors (Lipinski definition) is 5. The van der Waals surface area contributed by atoms with E-state index in [0.717, 1.165) is 24.2 Å². The first-order valence-electron chi connectivity index (χ1n) is 8.19. The van der Waals surface area contributed by atoms with Crippen molar-refractivity contribution in [2.75, 3.05) is 13.1 Å². The van der Waals surface area contributed by atoms with Gasteiger partial charge >= 0.3 is 0 Å². The van der Waals surface area contributed by atoms with Gasteiger partial charge in [0.2, 0.25) is 10.0 Å². The Morgan fingerprint density at radius 2 is 2.00 bits per heavy atom. The highest BCUT2D eigenvalue weighted by molar-refractivity contribution is 7.89. The molecule has 25 heavy (non-hydrogen) atoms. The Hall–Kier alpha value is -2.19. The number of nitrogens with zero attached hydrogens (tertiary/aromatic N) is 2. The summed E-state index contributed by atoms with van der Waals surface area (Å²) < 4.78 is 32.1. The molecule has 0 saturated carbocycles. The third-order valence-corrected chi connectivity index (χ3v) is 6.16. The van der Waals surface area contributed by atoms with Gasteiger partial charge in [-0.2, -0.15) is 4.31 Å². The van der Waals surface area contributed by atoms with Gasteiger partial charge in [-0.05, 0) is 38.8 Å². The molecular formula is C17H21N3O4S. The highest BCUT2D eigenvalue weighted by Crippen LogP contribution is 2.26. The van der Waals surface area contributed by atoms with Gasteiger partial charge < -0.3 is 9.73 Å². The van der Waals surface area contributed by atoms with E-state index in [1.54, 1.807) is 6.92 Å². The zero-order valence-corrected chi connectivity index (χ0v) is 15.1. The lowest BCUT2D eigenvalue weighted by molar-refractivity contribution is 0.0921. The van der Waals surface area contributed by atoms with Gasteiger partial charge in [0.15, 0.2) is 5.76 Å². The van der Waals surface area contributed by atoms with Crippen molar-refractivity contribution in [2.24, 2.45) is 0 Å². The minimum Gasteiger partial charge on any atom is -0.455 e. The molecule has 0 aromatic carbocycles. The normalized spacial score (nSPS) is 15.4. The second kappa shape index (κ2) is 6.97. The van der Waals surface area contributed by atoms with Crippen LogP contribution in [0.1, 0.15) is 40.5 Å². The summed E-state index contributed by atoms with van der Waals surface area (Å²) >= 11 is 0. The second-order valence-corrected chi connectivity index (χ2v) is 8.00. The van der Waals surface area contributed by atoms with Crippen molar-refractivity contribution in [3.05, 3.63) is 47.2 Å². The van der Waals surface area contributed by atoms with Gasteiger partial charge in [-0.15, -0.1) is 0 Å². The molecule has 3 rings (SSSR count). The number of aromatic nitrogens is 1. The van der Waals surface area contributed by atoms with E-state index in [2.05, 4.69) is 10.3 Å². The highest BCUT2D eigenvalue weighted by Gasteiger charge is 2.31. The number of carbonyl (C=O) groups excluding carboxylic acids is 1. The molecule has 0 unspecified atom stereocenters. The number of sulfonamides is 1. The molecule has 2 aromatic rings. The minimum absolute atomic E-state index is 0.0112. The predicted octanol–water partition coefficient (Wildman–Crippen LogP) is 2.01. The first-order chi connectivity index (χ1) is 11.9. The van der Waals surface area contributed by atoms with Crippen LogP contribution in [-0.2, 0) is 16.6 Å². The average molecular weight is 363 g/mol. The molecule has 1 fully saturated rings. The summed E-state index contributed by atoms with van der Waals surface area (Å²) in [6, 6.07) is 6.85. The van der Waals surface area contributed by atoms with Crippen molar-refractivity contribution in [3.63, 3.8) is 0 Å². The number of carbonyl (C=O) groups is 1. The van der Waals surface area contributed by atoms with Crippen LogP contribution >= 0.6 is 0 Å². The number of rotatable bonds is 5. The Kier molecular flexibility index (Phi) is 4.91. The molecule has 1 aliphatic rings. The largest absolute Gasteiger partial charge is 0.455 e. The molecule has 0 bridgehead atoms. The lowest BCUT2D eigenvalue weighted by Crippen LogP contribution is -2.28. The number of hydrogen-bond donors (Lipinski definition) is 1. The van der Waals surface area contributed by atoms with Gasteiger partial charge in [0, 0.05) is 24.8 Å². The second-order valence-electron chi connectivity index (χ2n) is 6.10. The fourth-order valence-corrected chi connectivity index (χ4v) is 4.53. The summed E-state index contributed by atoms with van der Waals surface area (Å²) in [5.41, 5.74) is 1.58. The Labute approximate surface area is 147 Å². The molecule has 1 amide bonds. The monoisotopic (exact) mass is 363 g/mol. The van der Waals surface area contributed by atoms with E-state index in [9.17, 15) is 13.2 Å². The number of furan rings is 1. The van der Waals surface area contributed by atoms with Crippen LogP contribution in [0.2, 0.25) is 0 Å². The zero-order chi connectivity index (χ0) is 18.0. The topological polar surface area (TPSA) is 92.5 Å². The van der Waals surface area contributed by atoms with Gasteiger partial charge in [0.05, 0.1) is 12.2 Å². The van der Waals surface area contributed by atoms with Crippen molar-refractivity contribution in [2.45, 2.75) is 38.1 Å². The maximum Gasteiger partial charge on any atom is 0.287 e. The summed E-state index contributed by atoms with van der Waals surface area (Å²) in [6.07, 6.45) is 1.71. The molecule has 1 N–H and O–H groups in total. The number of aryl methyl sites for hydroxylation is 2. The molecule has 2 aromatic heterocycles. The predicted molar refractivity (Wildman–Crippen MR) is 91.6 cm³/mol. The molecule has 1 saturated heterocycles. The smallest absolute Gasteiger partial charge is 0.287 e. The first kappa shape index (κ1) is 17.6. The third kappa shape index (κ3) is 3.74. The molecule has 0 atom stereocenters. The number of amides is 1. The minimum atomic E-state index is -3.61. The van der Waals surface area contributed by atoms with E-state index in [-0.39, 0.29) is 23.0 Å². The SMILES string of the molecule is Cc1cccc(CNC(=O)c2cc(S(=O)(=O)N3CCCC3)c(C)o2)n1. The Balaban J connectivity index is 1.74. The van der Waals surface area contributed by atoms with Crippen LogP contribution in [0.25, 0.3) is 0 Å². The van der Waals surface area contributed by atoms with Crippen molar-refractivity contribution in [1.82, 2.24) is 14.6 Å².